The van der Waals surface area contributed by atoms with Crippen LogP contribution in [0.3, 0.4) is 0 Å². The molecule has 1 aliphatic heterocycles. The van der Waals surface area contributed by atoms with Crippen molar-refractivity contribution in [1.29, 1.82) is 0 Å². The van der Waals surface area contributed by atoms with E-state index < -0.39 is 47.3 Å². The van der Waals surface area contributed by atoms with Crippen molar-refractivity contribution in [2.24, 2.45) is 0 Å². The zero-order chi connectivity index (χ0) is 33.9. The van der Waals surface area contributed by atoms with Crippen LogP contribution in [0, 0.1) is 0 Å². The van der Waals surface area contributed by atoms with Gasteiger partial charge in [-0.1, -0.05) is 163 Å². The number of hydrogen-bond acceptors (Lipinski definition) is 6. The van der Waals surface area contributed by atoms with E-state index in [1.54, 1.807) is 7.11 Å². The second kappa shape index (κ2) is 14.3. The Labute approximate surface area is 282 Å². The normalized spacial score (nSPS) is 22.6. The third-order valence-electron chi connectivity index (χ3n) is 9.49. The smallest absolute Gasteiger partial charge is 0.261 e. The van der Waals surface area contributed by atoms with E-state index in [0.717, 1.165) is 20.7 Å². The molecule has 0 saturated carbocycles. The first kappa shape index (κ1) is 35.4. The van der Waals surface area contributed by atoms with Gasteiger partial charge < -0.3 is 28.5 Å². The molecule has 0 spiro atoms. The predicted molar refractivity (Wildman–Crippen MR) is 194 cm³/mol. The van der Waals surface area contributed by atoms with Crippen LogP contribution in [0.5, 0.6) is 0 Å². The molecule has 1 heterocycles. The van der Waals surface area contributed by atoms with Gasteiger partial charge in [-0.15, -0.1) is 0 Å². The number of benzene rings is 4. The minimum absolute atomic E-state index is 0.0668. The summed E-state index contributed by atoms with van der Waals surface area (Å²) in [5.41, 5.74) is 0. The molecule has 0 unspecified atom stereocenters. The summed E-state index contributed by atoms with van der Waals surface area (Å²) in [4.78, 5) is 0. The predicted octanol–water partition coefficient (Wildman–Crippen LogP) is 4.60. The molecule has 2 N–H and O–H groups in total. The lowest BCUT2D eigenvalue weighted by atomic mass is 9.99. The summed E-state index contributed by atoms with van der Waals surface area (Å²) in [6.45, 7) is 13.2. The summed E-state index contributed by atoms with van der Waals surface area (Å²) in [6, 6.07) is 41.1. The zero-order valence-corrected chi connectivity index (χ0v) is 30.7. The monoisotopic (exact) mass is 670 g/mol. The van der Waals surface area contributed by atoms with Crippen LogP contribution in [-0.4, -0.2) is 71.3 Å². The number of hydrogen-bond donors (Lipinski definition) is 2. The van der Waals surface area contributed by atoms with Gasteiger partial charge in [0.25, 0.3) is 16.6 Å². The molecule has 1 saturated heterocycles. The summed E-state index contributed by atoms with van der Waals surface area (Å²) in [5.74, 6) is 0. The highest BCUT2D eigenvalue weighted by Gasteiger charge is 2.57. The molecule has 1 aliphatic rings. The van der Waals surface area contributed by atoms with Gasteiger partial charge in [0.1, 0.15) is 24.4 Å². The van der Waals surface area contributed by atoms with Crippen molar-refractivity contribution in [2.45, 2.75) is 82.3 Å². The summed E-state index contributed by atoms with van der Waals surface area (Å²) in [5, 5.41) is 27.4. The highest BCUT2D eigenvalue weighted by Crippen LogP contribution is 2.41. The Kier molecular flexibility index (Phi) is 10.7. The number of rotatable bonds is 10. The average molecular weight is 671 g/mol. The zero-order valence-electron chi connectivity index (χ0n) is 28.7. The maximum Gasteiger partial charge on any atom is 0.261 e. The van der Waals surface area contributed by atoms with Crippen LogP contribution in [0.1, 0.15) is 41.5 Å². The van der Waals surface area contributed by atoms with Crippen LogP contribution in [0.25, 0.3) is 0 Å². The Morgan fingerprint density at radius 3 is 1.28 bits per heavy atom. The Morgan fingerprint density at radius 2 is 0.936 bits per heavy atom. The fourth-order valence-electron chi connectivity index (χ4n) is 7.22. The van der Waals surface area contributed by atoms with E-state index in [1.165, 1.54) is 0 Å². The van der Waals surface area contributed by atoms with E-state index >= 15 is 0 Å². The first-order valence-corrected chi connectivity index (χ1v) is 20.3. The molecular formula is C39H50O6Si2. The van der Waals surface area contributed by atoms with Crippen molar-refractivity contribution in [1.82, 2.24) is 0 Å². The van der Waals surface area contributed by atoms with Gasteiger partial charge in [-0.25, -0.2) is 0 Å². The summed E-state index contributed by atoms with van der Waals surface area (Å²) >= 11 is 0. The maximum absolute atomic E-state index is 11.9. The van der Waals surface area contributed by atoms with Crippen LogP contribution >= 0.6 is 0 Å². The highest BCUT2D eigenvalue weighted by atomic mass is 28.4. The lowest BCUT2D eigenvalue weighted by molar-refractivity contribution is -0.289. The Balaban J connectivity index is 1.50. The van der Waals surface area contributed by atoms with Crippen molar-refractivity contribution < 1.29 is 28.5 Å². The first-order chi connectivity index (χ1) is 22.4. The SMILES string of the molecule is CO[C@H]1O[C@H](CO[Si](c2ccccc2)(c2ccccc2)C(C)(C)C)[C@H](O)[C@H](O)[C@H]1O[Si](c1ccccc1)(c1ccccc1)C(C)(C)C. The van der Waals surface area contributed by atoms with Crippen LogP contribution in [0.2, 0.25) is 10.1 Å². The Hall–Kier alpha value is -2.93. The van der Waals surface area contributed by atoms with Crippen LogP contribution in [0.15, 0.2) is 121 Å². The Bertz CT molecular complexity index is 1460. The molecule has 4 aromatic rings. The highest BCUT2D eigenvalue weighted by molar-refractivity contribution is 7.00. The standard InChI is InChI=1S/C39H50O6Si2/c1-38(2,3)46(29-20-12-8-13-21-29,30-22-14-9-15-23-30)43-28-33-34(40)35(41)36(37(42-7)44-33)45-47(39(4,5)6,31-24-16-10-17-25-31)32-26-18-11-19-27-32/h8-27,33-37,40-41H,28H2,1-7H3/t33-,34+,35+,36-,37+/m1/s1. The molecule has 0 radical (unpaired) electrons. The van der Waals surface area contributed by atoms with E-state index in [2.05, 4.69) is 90.1 Å². The molecule has 6 nitrogen and oxygen atoms in total. The largest absolute Gasteiger partial charge is 0.405 e. The molecule has 250 valence electrons. The van der Waals surface area contributed by atoms with Crippen molar-refractivity contribution in [3.8, 4) is 0 Å². The molecule has 8 heteroatoms. The van der Waals surface area contributed by atoms with Crippen LogP contribution < -0.4 is 20.7 Å². The van der Waals surface area contributed by atoms with Gasteiger partial charge in [-0.3, -0.25) is 0 Å². The molecule has 1 fully saturated rings. The van der Waals surface area contributed by atoms with Crippen molar-refractivity contribution >= 4 is 37.4 Å². The summed E-state index contributed by atoms with van der Waals surface area (Å²) in [6.07, 6.45) is -5.31. The molecular weight excluding hydrogens is 621 g/mol. The average Bonchev–Trinajstić information content (AvgIpc) is 3.07. The van der Waals surface area contributed by atoms with Gasteiger partial charge in [0.2, 0.25) is 0 Å². The molecule has 0 aromatic heterocycles. The first-order valence-electron chi connectivity index (χ1n) is 16.4. The molecule has 4 aromatic carbocycles. The topological polar surface area (TPSA) is 77.4 Å². The lowest BCUT2D eigenvalue weighted by Crippen LogP contribution is -2.72. The lowest BCUT2D eigenvalue weighted by Gasteiger charge is -2.50. The third-order valence-corrected chi connectivity index (χ3v) is 19.5. The summed E-state index contributed by atoms with van der Waals surface area (Å²) < 4.78 is 26.8. The summed E-state index contributed by atoms with van der Waals surface area (Å²) in [7, 11) is -4.48. The second-order valence-corrected chi connectivity index (χ2v) is 23.0. The van der Waals surface area contributed by atoms with Gasteiger partial charge in [0, 0.05) is 7.11 Å². The molecule has 0 amide bonds. The fraction of sp³-hybridized carbons (Fsp3) is 0.385. The van der Waals surface area contributed by atoms with Gasteiger partial charge >= 0.3 is 0 Å². The maximum atomic E-state index is 11.9. The second-order valence-electron chi connectivity index (χ2n) is 14.5. The fourth-order valence-corrected chi connectivity index (χ4v) is 16.5. The van der Waals surface area contributed by atoms with E-state index in [0.29, 0.717) is 0 Å². The minimum Gasteiger partial charge on any atom is -0.405 e. The van der Waals surface area contributed by atoms with Gasteiger partial charge in [-0.2, -0.15) is 0 Å². The Morgan fingerprint density at radius 1 is 0.574 bits per heavy atom. The quantitative estimate of drug-likeness (QED) is 0.240. The number of aliphatic hydroxyl groups is 2. The minimum atomic E-state index is -3.11. The van der Waals surface area contributed by atoms with Crippen LogP contribution in [0.4, 0.5) is 0 Å². The van der Waals surface area contributed by atoms with E-state index in [9.17, 15) is 10.2 Å². The number of aliphatic hydroxyl groups excluding tert-OH is 2. The van der Waals surface area contributed by atoms with Crippen molar-refractivity contribution in [3.63, 3.8) is 0 Å². The van der Waals surface area contributed by atoms with Crippen LogP contribution in [-0.2, 0) is 18.3 Å². The van der Waals surface area contributed by atoms with E-state index in [1.807, 2.05) is 72.8 Å². The molecule has 5 rings (SSSR count). The van der Waals surface area contributed by atoms with Gasteiger partial charge in [-0.05, 0) is 30.8 Å². The van der Waals surface area contributed by atoms with Crippen molar-refractivity contribution in [3.05, 3.63) is 121 Å². The van der Waals surface area contributed by atoms with Gasteiger partial charge in [0.15, 0.2) is 6.29 Å². The molecule has 0 bridgehead atoms. The van der Waals surface area contributed by atoms with E-state index in [-0.39, 0.29) is 16.7 Å². The van der Waals surface area contributed by atoms with Gasteiger partial charge in [0.05, 0.1) is 6.61 Å². The molecule has 47 heavy (non-hydrogen) atoms. The third kappa shape index (κ3) is 6.71. The number of methoxy groups -OCH3 is 1. The van der Waals surface area contributed by atoms with Crippen molar-refractivity contribution in [2.75, 3.05) is 13.7 Å². The van der Waals surface area contributed by atoms with E-state index in [4.69, 9.17) is 18.3 Å². The molecule has 0 aliphatic carbocycles. The molecule has 5 atom stereocenters. The number of ether oxygens (including phenoxy) is 2.